The molecule has 100 valence electrons. The summed E-state index contributed by atoms with van der Waals surface area (Å²) in [5.74, 6) is 1.08. The molecule has 1 aliphatic rings. The van der Waals surface area contributed by atoms with Crippen molar-refractivity contribution in [2.45, 2.75) is 58.5 Å². The second-order valence-electron chi connectivity index (χ2n) is 5.24. The molecule has 2 rings (SSSR count). The maximum atomic E-state index is 5.54. The highest BCUT2D eigenvalue weighted by Gasteiger charge is 2.22. The molecule has 1 aromatic carbocycles. The number of hydrogen-bond donors (Lipinski definition) is 1. The molecule has 0 saturated carbocycles. The summed E-state index contributed by atoms with van der Waals surface area (Å²) in [4.78, 5) is 0. The van der Waals surface area contributed by atoms with Crippen molar-refractivity contribution < 1.29 is 4.74 Å². The summed E-state index contributed by atoms with van der Waals surface area (Å²) in [6.07, 6.45) is 4.62. The van der Waals surface area contributed by atoms with E-state index in [2.05, 4.69) is 44.3 Å². The van der Waals surface area contributed by atoms with E-state index < -0.39 is 0 Å². The van der Waals surface area contributed by atoms with Crippen molar-refractivity contribution in [1.82, 2.24) is 5.32 Å². The highest BCUT2D eigenvalue weighted by molar-refractivity contribution is 5.39. The van der Waals surface area contributed by atoms with Crippen LogP contribution in [0.4, 0.5) is 0 Å². The van der Waals surface area contributed by atoms with Crippen LogP contribution in [0, 0.1) is 0 Å². The van der Waals surface area contributed by atoms with Crippen LogP contribution in [-0.2, 0) is 13.0 Å². The Morgan fingerprint density at radius 2 is 1.89 bits per heavy atom. The quantitative estimate of drug-likeness (QED) is 0.828. The molecule has 0 bridgehead atoms. The Kier molecular flexibility index (Phi) is 4.28. The number of hydrogen-bond acceptors (Lipinski definition) is 2. The summed E-state index contributed by atoms with van der Waals surface area (Å²) < 4.78 is 5.54. The van der Waals surface area contributed by atoms with Gasteiger partial charge in [0, 0.05) is 18.5 Å². The SMILES string of the molecule is CCC(CC)(CC)NCc1ccc2c(c1)CCO2. The second kappa shape index (κ2) is 5.75. The largest absolute Gasteiger partial charge is 0.493 e. The summed E-state index contributed by atoms with van der Waals surface area (Å²) in [6, 6.07) is 6.59. The standard InChI is InChI=1S/C16H25NO/c1-4-16(5-2,6-3)17-12-13-7-8-15-14(11-13)9-10-18-15/h7-8,11,17H,4-6,9-10,12H2,1-3H3. The van der Waals surface area contributed by atoms with Gasteiger partial charge < -0.3 is 10.1 Å². The van der Waals surface area contributed by atoms with Gasteiger partial charge in [0.15, 0.2) is 0 Å². The summed E-state index contributed by atoms with van der Waals surface area (Å²) in [5.41, 5.74) is 3.04. The molecule has 0 radical (unpaired) electrons. The summed E-state index contributed by atoms with van der Waals surface area (Å²) >= 11 is 0. The van der Waals surface area contributed by atoms with Crippen molar-refractivity contribution in [3.63, 3.8) is 0 Å². The molecule has 1 heterocycles. The van der Waals surface area contributed by atoms with E-state index in [4.69, 9.17) is 4.74 Å². The van der Waals surface area contributed by atoms with Crippen molar-refractivity contribution >= 4 is 0 Å². The van der Waals surface area contributed by atoms with Gasteiger partial charge in [-0.3, -0.25) is 0 Å². The summed E-state index contributed by atoms with van der Waals surface area (Å²) in [5, 5.41) is 3.75. The first-order valence-corrected chi connectivity index (χ1v) is 7.22. The van der Waals surface area contributed by atoms with E-state index in [1.807, 2.05) is 0 Å². The van der Waals surface area contributed by atoms with Gasteiger partial charge in [0.1, 0.15) is 5.75 Å². The van der Waals surface area contributed by atoms with Crippen LogP contribution in [0.3, 0.4) is 0 Å². The molecule has 0 amide bonds. The number of ether oxygens (including phenoxy) is 1. The fourth-order valence-electron chi connectivity index (χ4n) is 2.76. The Balaban J connectivity index is 2.01. The van der Waals surface area contributed by atoms with Gasteiger partial charge in [0.05, 0.1) is 6.61 Å². The Labute approximate surface area is 111 Å². The molecule has 1 aromatic rings. The van der Waals surface area contributed by atoms with Crippen LogP contribution in [0.15, 0.2) is 18.2 Å². The number of rotatable bonds is 6. The lowest BCUT2D eigenvalue weighted by Crippen LogP contribution is -2.43. The van der Waals surface area contributed by atoms with Crippen LogP contribution in [0.5, 0.6) is 5.75 Å². The van der Waals surface area contributed by atoms with Crippen LogP contribution in [0.25, 0.3) is 0 Å². The molecule has 0 atom stereocenters. The zero-order chi connectivity index (χ0) is 13.0. The second-order valence-corrected chi connectivity index (χ2v) is 5.24. The average molecular weight is 247 g/mol. The van der Waals surface area contributed by atoms with Crippen LogP contribution in [-0.4, -0.2) is 12.1 Å². The Bertz CT molecular complexity index is 388. The lowest BCUT2D eigenvalue weighted by Gasteiger charge is -2.32. The van der Waals surface area contributed by atoms with Crippen molar-refractivity contribution in [2.24, 2.45) is 0 Å². The molecule has 1 aliphatic heterocycles. The van der Waals surface area contributed by atoms with E-state index in [1.54, 1.807) is 0 Å². The molecule has 0 fully saturated rings. The molecule has 2 heteroatoms. The highest BCUT2D eigenvalue weighted by Crippen LogP contribution is 2.26. The van der Waals surface area contributed by atoms with Crippen LogP contribution >= 0.6 is 0 Å². The van der Waals surface area contributed by atoms with E-state index in [1.165, 1.54) is 30.4 Å². The average Bonchev–Trinajstić information content (AvgIpc) is 2.88. The van der Waals surface area contributed by atoms with Crippen molar-refractivity contribution in [2.75, 3.05) is 6.61 Å². The highest BCUT2D eigenvalue weighted by atomic mass is 16.5. The lowest BCUT2D eigenvalue weighted by molar-refractivity contribution is 0.288. The number of benzene rings is 1. The van der Waals surface area contributed by atoms with Gasteiger partial charge in [-0.15, -0.1) is 0 Å². The van der Waals surface area contributed by atoms with Crippen molar-refractivity contribution in [3.8, 4) is 5.75 Å². The predicted octanol–water partition coefficient (Wildman–Crippen LogP) is 3.68. The van der Waals surface area contributed by atoms with E-state index in [0.717, 1.165) is 25.3 Å². The van der Waals surface area contributed by atoms with E-state index >= 15 is 0 Å². The molecule has 2 nitrogen and oxygen atoms in total. The van der Waals surface area contributed by atoms with Gasteiger partial charge in [-0.2, -0.15) is 0 Å². The zero-order valence-electron chi connectivity index (χ0n) is 11.9. The minimum absolute atomic E-state index is 0.301. The van der Waals surface area contributed by atoms with Gasteiger partial charge in [-0.05, 0) is 36.5 Å². The molecule has 0 aromatic heterocycles. The van der Waals surface area contributed by atoms with Crippen LogP contribution in [0.1, 0.15) is 51.2 Å². The molecule has 1 N–H and O–H groups in total. The first-order chi connectivity index (χ1) is 8.73. The van der Waals surface area contributed by atoms with Gasteiger partial charge in [0.2, 0.25) is 0 Å². The van der Waals surface area contributed by atoms with Crippen molar-refractivity contribution in [1.29, 1.82) is 0 Å². The molecule has 0 aliphatic carbocycles. The Morgan fingerprint density at radius 1 is 1.17 bits per heavy atom. The van der Waals surface area contributed by atoms with Crippen LogP contribution < -0.4 is 10.1 Å². The molecule has 18 heavy (non-hydrogen) atoms. The first kappa shape index (κ1) is 13.4. The minimum atomic E-state index is 0.301. The molecule has 0 unspecified atom stereocenters. The van der Waals surface area contributed by atoms with E-state index in [-0.39, 0.29) is 0 Å². The normalized spacial score (nSPS) is 14.4. The lowest BCUT2D eigenvalue weighted by atomic mass is 9.89. The zero-order valence-corrected chi connectivity index (χ0v) is 11.9. The van der Waals surface area contributed by atoms with E-state index in [0.29, 0.717) is 5.54 Å². The Hall–Kier alpha value is -1.02. The van der Waals surface area contributed by atoms with E-state index in [9.17, 15) is 0 Å². The summed E-state index contributed by atoms with van der Waals surface area (Å²) in [7, 11) is 0. The molecule has 0 saturated heterocycles. The van der Waals surface area contributed by atoms with Gasteiger partial charge in [-0.1, -0.05) is 32.9 Å². The maximum Gasteiger partial charge on any atom is 0.122 e. The van der Waals surface area contributed by atoms with Gasteiger partial charge in [-0.25, -0.2) is 0 Å². The smallest absolute Gasteiger partial charge is 0.122 e. The summed E-state index contributed by atoms with van der Waals surface area (Å²) in [6.45, 7) is 8.63. The fourth-order valence-corrected chi connectivity index (χ4v) is 2.76. The fraction of sp³-hybridized carbons (Fsp3) is 0.625. The predicted molar refractivity (Wildman–Crippen MR) is 76.1 cm³/mol. The number of nitrogens with one attached hydrogen (secondary N) is 1. The van der Waals surface area contributed by atoms with Gasteiger partial charge in [0.25, 0.3) is 0 Å². The minimum Gasteiger partial charge on any atom is -0.493 e. The monoisotopic (exact) mass is 247 g/mol. The molecule has 0 spiro atoms. The van der Waals surface area contributed by atoms with Gasteiger partial charge >= 0.3 is 0 Å². The first-order valence-electron chi connectivity index (χ1n) is 7.22. The number of fused-ring (bicyclic) bond motifs is 1. The van der Waals surface area contributed by atoms with Crippen LogP contribution in [0.2, 0.25) is 0 Å². The molecular formula is C16H25NO. The third-order valence-corrected chi connectivity index (χ3v) is 4.45. The molecular weight excluding hydrogens is 222 g/mol. The van der Waals surface area contributed by atoms with Crippen molar-refractivity contribution in [3.05, 3.63) is 29.3 Å². The maximum absolute atomic E-state index is 5.54. The topological polar surface area (TPSA) is 21.3 Å². The Morgan fingerprint density at radius 3 is 2.56 bits per heavy atom. The third kappa shape index (κ3) is 2.69. The third-order valence-electron chi connectivity index (χ3n) is 4.45.